The van der Waals surface area contributed by atoms with E-state index in [0.717, 1.165) is 29.3 Å². The second kappa shape index (κ2) is 12.4. The maximum absolute atomic E-state index is 12.3. The van der Waals surface area contributed by atoms with Crippen molar-refractivity contribution in [3.8, 4) is 5.75 Å². The molecule has 0 saturated heterocycles. The molecule has 2 amide bonds. The third-order valence-corrected chi connectivity index (χ3v) is 5.96. The van der Waals surface area contributed by atoms with Gasteiger partial charge in [-0.25, -0.2) is 9.78 Å². The quantitative estimate of drug-likeness (QED) is 0.199. The van der Waals surface area contributed by atoms with Crippen molar-refractivity contribution in [1.29, 1.82) is 0 Å². The third-order valence-electron chi connectivity index (χ3n) is 5.34. The Hall–Kier alpha value is -4.45. The molecule has 0 aliphatic rings. The van der Waals surface area contributed by atoms with Crippen molar-refractivity contribution < 1.29 is 22.7 Å². The van der Waals surface area contributed by atoms with Crippen LogP contribution < -0.4 is 25.6 Å². The predicted octanol–water partition coefficient (Wildman–Crippen LogP) is 7.39. The summed E-state index contributed by atoms with van der Waals surface area (Å²) in [6.45, 7) is 0. The molecular formula is C27H25F3N6O2S. The molecule has 39 heavy (non-hydrogen) atoms. The van der Waals surface area contributed by atoms with Gasteiger partial charge in [-0.15, -0.1) is 13.2 Å². The van der Waals surface area contributed by atoms with Gasteiger partial charge >= 0.3 is 12.4 Å². The average molecular weight is 555 g/mol. The number of nitrogens with one attached hydrogen (secondary N) is 3. The van der Waals surface area contributed by atoms with Crippen LogP contribution >= 0.6 is 11.8 Å². The number of amides is 2. The molecule has 0 atom stereocenters. The van der Waals surface area contributed by atoms with Crippen LogP contribution in [0.4, 0.5) is 52.5 Å². The molecule has 4 rings (SSSR count). The molecule has 3 N–H and O–H groups in total. The number of alkyl halides is 3. The number of ether oxygens (including phenoxy) is 1. The van der Waals surface area contributed by atoms with Crippen molar-refractivity contribution in [2.75, 3.05) is 34.2 Å². The van der Waals surface area contributed by atoms with E-state index in [1.54, 1.807) is 36.2 Å². The largest absolute Gasteiger partial charge is 0.573 e. The Balaban J connectivity index is 1.35. The predicted molar refractivity (Wildman–Crippen MR) is 149 cm³/mol. The molecule has 3 aromatic carbocycles. The summed E-state index contributed by atoms with van der Waals surface area (Å²) >= 11 is 1.75. The lowest BCUT2D eigenvalue weighted by molar-refractivity contribution is -0.274. The minimum absolute atomic E-state index is 0.308. The summed E-state index contributed by atoms with van der Waals surface area (Å²) in [4.78, 5) is 23.1. The number of anilines is 6. The highest BCUT2D eigenvalue weighted by atomic mass is 32.2. The summed E-state index contributed by atoms with van der Waals surface area (Å²) in [5, 5.41) is 8.48. The molecule has 0 fully saturated rings. The maximum atomic E-state index is 12.3. The molecule has 0 aliphatic carbocycles. The SMILES string of the molecule is CSCc1cccc(Nc2nccc(N(C)c3ccc(NC(=O)Nc4ccc(OC(F)(F)F)cc4)cc3)n2)c1. The molecule has 202 valence electrons. The zero-order valence-corrected chi connectivity index (χ0v) is 21.8. The number of thioether (sulfide) groups is 1. The second-order valence-electron chi connectivity index (χ2n) is 8.25. The first-order chi connectivity index (χ1) is 18.7. The van der Waals surface area contributed by atoms with Gasteiger partial charge in [-0.3, -0.25) is 0 Å². The maximum Gasteiger partial charge on any atom is 0.573 e. The number of benzene rings is 3. The Labute approximate surface area is 227 Å². The number of hydrogen-bond acceptors (Lipinski definition) is 7. The van der Waals surface area contributed by atoms with Crippen LogP contribution in [0, 0.1) is 0 Å². The number of carbonyl (C=O) groups is 1. The monoisotopic (exact) mass is 554 g/mol. The van der Waals surface area contributed by atoms with E-state index in [1.165, 1.54) is 17.7 Å². The van der Waals surface area contributed by atoms with Gasteiger partial charge in [0.25, 0.3) is 0 Å². The van der Waals surface area contributed by atoms with Crippen LogP contribution in [0.3, 0.4) is 0 Å². The molecule has 0 saturated carbocycles. The van der Waals surface area contributed by atoms with Crippen molar-refractivity contribution in [3.63, 3.8) is 0 Å². The van der Waals surface area contributed by atoms with Crippen LogP contribution in [0.1, 0.15) is 5.56 Å². The van der Waals surface area contributed by atoms with E-state index in [4.69, 9.17) is 0 Å². The molecule has 4 aromatic rings. The van der Waals surface area contributed by atoms with E-state index in [2.05, 4.69) is 49.0 Å². The number of urea groups is 1. The van der Waals surface area contributed by atoms with E-state index in [0.29, 0.717) is 23.1 Å². The first-order valence-corrected chi connectivity index (χ1v) is 13.0. The Morgan fingerprint density at radius 1 is 0.949 bits per heavy atom. The number of carbonyl (C=O) groups excluding carboxylic acids is 1. The Morgan fingerprint density at radius 2 is 1.62 bits per heavy atom. The molecule has 0 spiro atoms. The first-order valence-electron chi connectivity index (χ1n) is 11.6. The Morgan fingerprint density at radius 3 is 2.26 bits per heavy atom. The van der Waals surface area contributed by atoms with Crippen LogP contribution in [-0.4, -0.2) is 35.7 Å². The van der Waals surface area contributed by atoms with Crippen molar-refractivity contribution in [1.82, 2.24) is 9.97 Å². The van der Waals surface area contributed by atoms with Gasteiger partial charge in [-0.2, -0.15) is 16.7 Å². The number of halogens is 3. The van der Waals surface area contributed by atoms with E-state index in [-0.39, 0.29) is 5.75 Å². The van der Waals surface area contributed by atoms with Crippen molar-refractivity contribution in [3.05, 3.63) is 90.6 Å². The highest BCUT2D eigenvalue weighted by Crippen LogP contribution is 2.26. The van der Waals surface area contributed by atoms with Gasteiger partial charge in [0.15, 0.2) is 0 Å². The van der Waals surface area contributed by atoms with E-state index in [1.807, 2.05) is 36.2 Å². The fraction of sp³-hybridized carbons (Fsp3) is 0.148. The van der Waals surface area contributed by atoms with Crippen LogP contribution in [-0.2, 0) is 5.75 Å². The molecule has 8 nitrogen and oxygen atoms in total. The van der Waals surface area contributed by atoms with Crippen molar-refractivity contribution >= 4 is 52.3 Å². The summed E-state index contributed by atoms with van der Waals surface area (Å²) in [5.41, 5.74) is 3.77. The first kappa shape index (κ1) is 27.6. The van der Waals surface area contributed by atoms with Crippen LogP contribution in [0.5, 0.6) is 5.75 Å². The molecular weight excluding hydrogens is 529 g/mol. The lowest BCUT2D eigenvalue weighted by Gasteiger charge is -2.19. The van der Waals surface area contributed by atoms with Gasteiger partial charge in [0, 0.05) is 41.7 Å². The Bertz CT molecular complexity index is 1400. The molecule has 0 aliphatic heterocycles. The number of nitrogens with zero attached hydrogens (tertiary/aromatic N) is 3. The second-order valence-corrected chi connectivity index (χ2v) is 9.12. The van der Waals surface area contributed by atoms with Gasteiger partial charge in [0.05, 0.1) is 0 Å². The number of aromatic nitrogens is 2. The topological polar surface area (TPSA) is 91.4 Å². The fourth-order valence-corrected chi connectivity index (χ4v) is 4.08. The zero-order chi connectivity index (χ0) is 27.8. The summed E-state index contributed by atoms with van der Waals surface area (Å²) in [6, 6.07) is 21.3. The minimum Gasteiger partial charge on any atom is -0.406 e. The average Bonchev–Trinajstić information content (AvgIpc) is 2.90. The van der Waals surface area contributed by atoms with Crippen LogP contribution in [0.25, 0.3) is 0 Å². The summed E-state index contributed by atoms with van der Waals surface area (Å²) in [5.74, 6) is 1.68. The van der Waals surface area contributed by atoms with E-state index >= 15 is 0 Å². The fourth-order valence-electron chi connectivity index (χ4n) is 3.56. The molecule has 12 heteroatoms. The van der Waals surface area contributed by atoms with Crippen LogP contribution in [0.2, 0.25) is 0 Å². The van der Waals surface area contributed by atoms with Gasteiger partial charge in [-0.05, 0) is 78.5 Å². The summed E-state index contributed by atoms with van der Waals surface area (Å²) in [7, 11) is 1.87. The molecule has 0 bridgehead atoms. The smallest absolute Gasteiger partial charge is 0.406 e. The van der Waals surface area contributed by atoms with Gasteiger partial charge in [0.1, 0.15) is 11.6 Å². The van der Waals surface area contributed by atoms with E-state index < -0.39 is 12.4 Å². The molecule has 0 radical (unpaired) electrons. The Kier molecular flexibility index (Phi) is 8.77. The van der Waals surface area contributed by atoms with E-state index in [9.17, 15) is 18.0 Å². The molecule has 1 aromatic heterocycles. The highest BCUT2D eigenvalue weighted by molar-refractivity contribution is 7.97. The van der Waals surface area contributed by atoms with Crippen LogP contribution in [0.15, 0.2) is 85.1 Å². The lowest BCUT2D eigenvalue weighted by atomic mass is 10.2. The minimum atomic E-state index is -4.78. The third kappa shape index (κ3) is 8.27. The molecule has 0 unspecified atom stereocenters. The van der Waals surface area contributed by atoms with Crippen molar-refractivity contribution in [2.45, 2.75) is 12.1 Å². The standard InChI is InChI=1S/C27H25F3N6O2S/c1-36(24-14-15-31-25(35-24)32-21-5-3-4-18(16-21)17-39-2)22-10-6-19(7-11-22)33-26(37)34-20-8-12-23(13-9-20)38-27(28,29)30/h3-16H,17H2,1-2H3,(H,31,32,35)(H2,33,34,37). The molecule has 1 heterocycles. The van der Waals surface area contributed by atoms with Crippen molar-refractivity contribution in [2.24, 2.45) is 0 Å². The van der Waals surface area contributed by atoms with Gasteiger partial charge in [0.2, 0.25) is 5.95 Å². The zero-order valence-electron chi connectivity index (χ0n) is 21.0. The van der Waals surface area contributed by atoms with Gasteiger partial charge < -0.3 is 25.6 Å². The normalized spacial score (nSPS) is 11.0. The highest BCUT2D eigenvalue weighted by Gasteiger charge is 2.31. The lowest BCUT2D eigenvalue weighted by Crippen LogP contribution is -2.20. The van der Waals surface area contributed by atoms with Gasteiger partial charge in [-0.1, -0.05) is 12.1 Å². The summed E-state index contributed by atoms with van der Waals surface area (Å²) in [6.07, 6.45) is -1.04. The number of rotatable bonds is 9. The summed E-state index contributed by atoms with van der Waals surface area (Å²) < 4.78 is 40.7. The number of hydrogen-bond donors (Lipinski definition) is 3.